The largest absolute Gasteiger partial charge is 0.496 e. The molecule has 0 fully saturated rings. The van der Waals surface area contributed by atoms with Gasteiger partial charge < -0.3 is 14.0 Å². The summed E-state index contributed by atoms with van der Waals surface area (Å²) in [5.74, 6) is 3.43. The van der Waals surface area contributed by atoms with Crippen LogP contribution in [0.15, 0.2) is 61.3 Å². The second-order valence-electron chi connectivity index (χ2n) is 8.89. The Bertz CT molecular complexity index is 1560. The molecule has 0 amide bonds. The fraction of sp³-hybridized carbons (Fsp3) is 0.259. The van der Waals surface area contributed by atoms with Crippen LogP contribution in [0.1, 0.15) is 35.8 Å². The lowest BCUT2D eigenvalue weighted by molar-refractivity contribution is 0.396. The van der Waals surface area contributed by atoms with Gasteiger partial charge in [-0.25, -0.2) is 29.6 Å². The lowest BCUT2D eigenvalue weighted by atomic mass is 9.90. The minimum absolute atomic E-state index is 0.0819. The highest BCUT2D eigenvalue weighted by molar-refractivity contribution is 5.65. The van der Waals surface area contributed by atoms with Crippen LogP contribution in [0.3, 0.4) is 0 Å². The number of benzene rings is 1. The maximum Gasteiger partial charge on any atom is 0.238 e. The second kappa shape index (κ2) is 9.45. The molecule has 0 saturated heterocycles. The molecule has 4 aromatic heterocycles. The average Bonchev–Trinajstić information content (AvgIpc) is 3.59. The highest BCUT2D eigenvalue weighted by Gasteiger charge is 2.28. The van der Waals surface area contributed by atoms with E-state index in [9.17, 15) is 0 Å². The van der Waals surface area contributed by atoms with Crippen LogP contribution in [0, 0.1) is 6.92 Å². The van der Waals surface area contributed by atoms with E-state index in [0.717, 1.165) is 53.5 Å². The van der Waals surface area contributed by atoms with Gasteiger partial charge in [-0.3, -0.25) is 0 Å². The van der Waals surface area contributed by atoms with Gasteiger partial charge in [-0.2, -0.15) is 0 Å². The van der Waals surface area contributed by atoms with Crippen molar-refractivity contribution in [1.29, 1.82) is 0 Å². The molecule has 6 rings (SSSR count). The first-order valence-electron chi connectivity index (χ1n) is 12.1. The Morgan fingerprint density at radius 3 is 2.57 bits per heavy atom. The van der Waals surface area contributed by atoms with Gasteiger partial charge in [-0.1, -0.05) is 6.07 Å². The van der Waals surface area contributed by atoms with Crippen LogP contribution in [0.25, 0.3) is 28.6 Å². The molecule has 0 saturated carbocycles. The van der Waals surface area contributed by atoms with Crippen LogP contribution in [-0.2, 0) is 6.54 Å². The number of methoxy groups -OCH3 is 2. The first-order valence-corrected chi connectivity index (χ1v) is 12.1. The standard InChI is InChI=1S/C27H26N8O2/c1-17-15-34(16-30-17)22-9-8-21(31-27(22)37-3)25-32-26-19(6-4-13-35(26)33-25)18-7-10-23(36-2)20(14-18)24-28-11-5-12-29-24/h5,7-12,14-16,19H,4,6,13H2,1-3H3/t19-/m1/s1. The summed E-state index contributed by atoms with van der Waals surface area (Å²) in [7, 11) is 3.27. The zero-order valence-electron chi connectivity index (χ0n) is 20.9. The molecule has 5 aromatic rings. The molecule has 10 heteroatoms. The van der Waals surface area contributed by atoms with Gasteiger partial charge in [0.1, 0.15) is 23.0 Å². The van der Waals surface area contributed by atoms with E-state index in [-0.39, 0.29) is 5.92 Å². The first kappa shape index (κ1) is 22.8. The molecule has 5 heterocycles. The van der Waals surface area contributed by atoms with Crippen molar-refractivity contribution in [2.75, 3.05) is 14.2 Å². The molecule has 1 aliphatic heterocycles. The summed E-state index contributed by atoms with van der Waals surface area (Å²) >= 11 is 0. The van der Waals surface area contributed by atoms with Gasteiger partial charge in [0.2, 0.25) is 5.88 Å². The lowest BCUT2D eigenvalue weighted by Crippen LogP contribution is -2.18. The van der Waals surface area contributed by atoms with E-state index in [1.54, 1.807) is 39.0 Å². The normalized spacial score (nSPS) is 14.8. The highest BCUT2D eigenvalue weighted by Crippen LogP contribution is 2.37. The molecule has 0 unspecified atom stereocenters. The molecule has 0 N–H and O–H groups in total. The van der Waals surface area contributed by atoms with Crippen molar-refractivity contribution in [3.05, 3.63) is 78.4 Å². The van der Waals surface area contributed by atoms with Crippen LogP contribution >= 0.6 is 0 Å². The molecular formula is C27H26N8O2. The molecular weight excluding hydrogens is 468 g/mol. The third-order valence-corrected chi connectivity index (χ3v) is 6.56. The van der Waals surface area contributed by atoms with Crippen molar-refractivity contribution in [3.63, 3.8) is 0 Å². The van der Waals surface area contributed by atoms with Crippen LogP contribution in [0.2, 0.25) is 0 Å². The maximum atomic E-state index is 5.60. The highest BCUT2D eigenvalue weighted by atomic mass is 16.5. The molecule has 10 nitrogen and oxygen atoms in total. The summed E-state index contributed by atoms with van der Waals surface area (Å²) in [5, 5.41) is 4.81. The summed E-state index contributed by atoms with van der Waals surface area (Å²) in [6.45, 7) is 2.76. The number of hydrogen-bond acceptors (Lipinski definition) is 8. The Morgan fingerprint density at radius 1 is 0.946 bits per heavy atom. The molecule has 0 bridgehead atoms. The summed E-state index contributed by atoms with van der Waals surface area (Å²) < 4.78 is 15.1. The Morgan fingerprint density at radius 2 is 1.81 bits per heavy atom. The maximum absolute atomic E-state index is 5.60. The number of nitrogens with zero attached hydrogens (tertiary/aromatic N) is 8. The van der Waals surface area contributed by atoms with E-state index < -0.39 is 0 Å². The summed E-state index contributed by atoms with van der Waals surface area (Å²) in [6, 6.07) is 11.8. The van der Waals surface area contributed by atoms with Crippen molar-refractivity contribution in [1.82, 2.24) is 39.3 Å². The number of aryl methyl sites for hydroxylation is 2. The van der Waals surface area contributed by atoms with Crippen molar-refractivity contribution in [3.8, 4) is 40.2 Å². The van der Waals surface area contributed by atoms with Gasteiger partial charge in [0, 0.05) is 31.1 Å². The van der Waals surface area contributed by atoms with Gasteiger partial charge in [0.15, 0.2) is 11.6 Å². The number of aromatic nitrogens is 8. The minimum Gasteiger partial charge on any atom is -0.496 e. The molecule has 37 heavy (non-hydrogen) atoms. The van der Waals surface area contributed by atoms with Gasteiger partial charge in [0.05, 0.1) is 31.8 Å². The van der Waals surface area contributed by atoms with Crippen molar-refractivity contribution < 1.29 is 9.47 Å². The van der Waals surface area contributed by atoms with Crippen molar-refractivity contribution in [2.45, 2.75) is 32.2 Å². The second-order valence-corrected chi connectivity index (χ2v) is 8.89. The summed E-state index contributed by atoms with van der Waals surface area (Å²) in [5.41, 5.74) is 4.36. The molecule has 0 aliphatic carbocycles. The summed E-state index contributed by atoms with van der Waals surface area (Å²) in [4.78, 5) is 22.8. The molecule has 0 spiro atoms. The van der Waals surface area contributed by atoms with E-state index in [2.05, 4.69) is 27.1 Å². The van der Waals surface area contributed by atoms with E-state index in [0.29, 0.717) is 23.2 Å². The SMILES string of the molecule is COc1ccc([C@H]2CCCn3nc(-c4ccc(-n5cnc(C)c5)c(OC)n4)nc32)cc1-c1ncccn1. The Balaban J connectivity index is 1.37. The predicted molar refractivity (Wildman–Crippen MR) is 137 cm³/mol. The van der Waals surface area contributed by atoms with Crippen LogP contribution < -0.4 is 9.47 Å². The third kappa shape index (κ3) is 4.20. The topological polar surface area (TPSA) is 106 Å². The van der Waals surface area contributed by atoms with Gasteiger partial charge in [-0.15, -0.1) is 5.10 Å². The Kier molecular flexibility index (Phi) is 5.84. The zero-order chi connectivity index (χ0) is 25.4. The fourth-order valence-corrected chi connectivity index (χ4v) is 4.79. The molecule has 186 valence electrons. The Labute approximate surface area is 214 Å². The van der Waals surface area contributed by atoms with Crippen LogP contribution in [0.4, 0.5) is 0 Å². The molecule has 0 radical (unpaired) electrons. The monoisotopic (exact) mass is 494 g/mol. The van der Waals surface area contributed by atoms with Crippen molar-refractivity contribution >= 4 is 0 Å². The number of hydrogen-bond donors (Lipinski definition) is 0. The number of fused-ring (bicyclic) bond motifs is 1. The van der Waals surface area contributed by atoms with E-state index >= 15 is 0 Å². The predicted octanol–water partition coefficient (Wildman–Crippen LogP) is 4.23. The van der Waals surface area contributed by atoms with Gasteiger partial charge in [0.25, 0.3) is 0 Å². The number of pyridine rings is 1. The molecule has 1 aromatic carbocycles. The van der Waals surface area contributed by atoms with Gasteiger partial charge >= 0.3 is 0 Å². The smallest absolute Gasteiger partial charge is 0.238 e. The molecule has 1 aliphatic rings. The van der Waals surface area contributed by atoms with E-state index in [4.69, 9.17) is 24.5 Å². The van der Waals surface area contributed by atoms with E-state index in [1.807, 2.05) is 40.6 Å². The summed E-state index contributed by atoms with van der Waals surface area (Å²) in [6.07, 6.45) is 9.11. The average molecular weight is 495 g/mol. The Hall–Kier alpha value is -4.60. The first-order chi connectivity index (χ1) is 18.1. The number of imidazole rings is 1. The van der Waals surface area contributed by atoms with Crippen LogP contribution in [-0.4, -0.2) is 53.5 Å². The molecule has 1 atom stereocenters. The number of rotatable bonds is 6. The quantitative estimate of drug-likeness (QED) is 0.345. The van der Waals surface area contributed by atoms with E-state index in [1.165, 1.54) is 0 Å². The van der Waals surface area contributed by atoms with Gasteiger partial charge in [-0.05, 0) is 55.7 Å². The number of ether oxygens (including phenoxy) is 2. The lowest BCUT2D eigenvalue weighted by Gasteiger charge is -2.23. The fourth-order valence-electron chi connectivity index (χ4n) is 4.79. The minimum atomic E-state index is 0.0819. The zero-order valence-corrected chi connectivity index (χ0v) is 20.9. The third-order valence-electron chi connectivity index (χ3n) is 6.56. The van der Waals surface area contributed by atoms with Crippen LogP contribution in [0.5, 0.6) is 11.6 Å². The van der Waals surface area contributed by atoms with Crippen molar-refractivity contribution in [2.24, 2.45) is 0 Å².